The Hall–Kier alpha value is -2.19. The lowest BCUT2D eigenvalue weighted by molar-refractivity contribution is 0.573. The standard InChI is InChI=1S/C14H17N5O2S/c1-10(2)19-9-17-12-4-3-11(7-13(12)19)8-18-22(20,21)14-15-5-6-16-14/h3-7,9-10,18H,8H2,1-2H3,(H,15,16). The number of nitrogens with zero attached hydrogens (tertiary/aromatic N) is 3. The fourth-order valence-corrected chi connectivity index (χ4v) is 3.15. The molecule has 0 fully saturated rings. The summed E-state index contributed by atoms with van der Waals surface area (Å²) in [5.41, 5.74) is 2.75. The minimum atomic E-state index is -3.62. The molecule has 7 nitrogen and oxygen atoms in total. The highest BCUT2D eigenvalue weighted by Gasteiger charge is 2.16. The summed E-state index contributed by atoms with van der Waals surface area (Å²) in [5.74, 6) is 0. The molecule has 1 aromatic carbocycles. The lowest BCUT2D eigenvalue weighted by Crippen LogP contribution is -2.24. The quantitative estimate of drug-likeness (QED) is 0.750. The predicted molar refractivity (Wildman–Crippen MR) is 82.7 cm³/mol. The topological polar surface area (TPSA) is 92.7 Å². The van der Waals surface area contributed by atoms with E-state index >= 15 is 0 Å². The Morgan fingerprint density at radius 2 is 2.14 bits per heavy atom. The summed E-state index contributed by atoms with van der Waals surface area (Å²) in [6.45, 7) is 4.35. The Morgan fingerprint density at radius 1 is 1.32 bits per heavy atom. The van der Waals surface area contributed by atoms with Gasteiger partial charge >= 0.3 is 0 Å². The molecule has 0 amide bonds. The summed E-state index contributed by atoms with van der Waals surface area (Å²) in [4.78, 5) is 10.7. The third-order valence-electron chi connectivity index (χ3n) is 3.39. The maximum atomic E-state index is 12.0. The van der Waals surface area contributed by atoms with Crippen molar-refractivity contribution >= 4 is 21.1 Å². The van der Waals surface area contributed by atoms with Crippen LogP contribution in [0.2, 0.25) is 0 Å². The van der Waals surface area contributed by atoms with Crippen molar-refractivity contribution in [2.75, 3.05) is 0 Å². The third kappa shape index (κ3) is 2.75. The van der Waals surface area contributed by atoms with Gasteiger partial charge in [-0.15, -0.1) is 0 Å². The highest BCUT2D eigenvalue weighted by atomic mass is 32.2. The second kappa shape index (κ2) is 5.54. The van der Waals surface area contributed by atoms with E-state index in [9.17, 15) is 8.42 Å². The fourth-order valence-electron chi connectivity index (χ4n) is 2.24. The monoisotopic (exact) mass is 319 g/mol. The number of hydrogen-bond donors (Lipinski definition) is 2. The molecule has 0 aliphatic rings. The van der Waals surface area contributed by atoms with Crippen LogP contribution in [0.3, 0.4) is 0 Å². The first-order valence-corrected chi connectivity index (χ1v) is 8.40. The molecule has 0 spiro atoms. The number of H-pyrrole nitrogens is 1. The molecular weight excluding hydrogens is 302 g/mol. The summed E-state index contributed by atoms with van der Waals surface area (Å²) >= 11 is 0. The van der Waals surface area contributed by atoms with E-state index in [4.69, 9.17) is 0 Å². The molecule has 0 saturated heterocycles. The van der Waals surface area contributed by atoms with Crippen LogP contribution < -0.4 is 4.72 Å². The van der Waals surface area contributed by atoms with E-state index in [-0.39, 0.29) is 11.7 Å². The van der Waals surface area contributed by atoms with Gasteiger partial charge in [0.2, 0.25) is 5.16 Å². The first-order chi connectivity index (χ1) is 10.5. The zero-order chi connectivity index (χ0) is 15.7. The molecule has 0 atom stereocenters. The Labute approximate surface area is 128 Å². The van der Waals surface area contributed by atoms with Crippen LogP contribution in [0, 0.1) is 0 Å². The zero-order valence-electron chi connectivity index (χ0n) is 12.3. The van der Waals surface area contributed by atoms with Gasteiger partial charge in [-0.2, -0.15) is 0 Å². The molecule has 0 radical (unpaired) electrons. The Bertz CT molecular complexity index is 881. The van der Waals surface area contributed by atoms with Crippen LogP contribution >= 0.6 is 0 Å². The number of benzene rings is 1. The number of hydrogen-bond acceptors (Lipinski definition) is 4. The van der Waals surface area contributed by atoms with Crippen molar-refractivity contribution in [1.82, 2.24) is 24.2 Å². The molecule has 0 aliphatic carbocycles. The summed E-state index contributed by atoms with van der Waals surface area (Å²) in [7, 11) is -3.62. The molecule has 0 aliphatic heterocycles. The van der Waals surface area contributed by atoms with Crippen molar-refractivity contribution in [3.63, 3.8) is 0 Å². The highest BCUT2D eigenvalue weighted by molar-refractivity contribution is 7.89. The largest absolute Gasteiger partial charge is 0.334 e. The van der Waals surface area contributed by atoms with Gasteiger partial charge in [0.15, 0.2) is 0 Å². The molecule has 0 saturated carbocycles. The number of fused-ring (bicyclic) bond motifs is 1. The summed E-state index contributed by atoms with van der Waals surface area (Å²) < 4.78 is 28.7. The maximum absolute atomic E-state index is 12.0. The van der Waals surface area contributed by atoms with Crippen LogP contribution in [-0.2, 0) is 16.6 Å². The van der Waals surface area contributed by atoms with Crippen molar-refractivity contribution in [1.29, 1.82) is 0 Å². The zero-order valence-corrected chi connectivity index (χ0v) is 13.1. The molecule has 2 N–H and O–H groups in total. The van der Waals surface area contributed by atoms with Crippen molar-refractivity contribution in [3.8, 4) is 0 Å². The van der Waals surface area contributed by atoms with Gasteiger partial charge in [-0.05, 0) is 31.5 Å². The van der Waals surface area contributed by atoms with Crippen molar-refractivity contribution in [2.45, 2.75) is 31.6 Å². The molecule has 0 bridgehead atoms. The molecule has 3 rings (SSSR count). The number of aromatic amines is 1. The molecule has 2 heterocycles. The van der Waals surface area contributed by atoms with E-state index in [1.54, 1.807) is 6.33 Å². The average Bonchev–Trinajstić information content (AvgIpc) is 3.14. The number of rotatable bonds is 5. The Balaban J connectivity index is 1.84. The summed E-state index contributed by atoms with van der Waals surface area (Å²) in [6.07, 6.45) is 4.68. The van der Waals surface area contributed by atoms with Crippen LogP contribution in [0.15, 0.2) is 42.1 Å². The Kier molecular flexibility index (Phi) is 3.71. The van der Waals surface area contributed by atoms with Gasteiger partial charge < -0.3 is 9.55 Å². The number of imidazole rings is 2. The summed E-state index contributed by atoms with van der Waals surface area (Å²) in [6, 6.07) is 6.00. The van der Waals surface area contributed by atoms with Gasteiger partial charge in [0.1, 0.15) is 0 Å². The van der Waals surface area contributed by atoms with Crippen LogP contribution in [-0.4, -0.2) is 27.9 Å². The first-order valence-electron chi connectivity index (χ1n) is 6.92. The second-order valence-electron chi connectivity index (χ2n) is 5.29. The molecular formula is C14H17N5O2S. The van der Waals surface area contributed by atoms with Gasteiger partial charge in [-0.25, -0.2) is 23.1 Å². The van der Waals surface area contributed by atoms with E-state index in [1.807, 2.05) is 18.2 Å². The predicted octanol–water partition coefficient (Wildman–Crippen LogP) is 1.82. The maximum Gasteiger partial charge on any atom is 0.274 e. The minimum absolute atomic E-state index is 0.0826. The highest BCUT2D eigenvalue weighted by Crippen LogP contribution is 2.19. The van der Waals surface area contributed by atoms with E-state index in [2.05, 4.69) is 38.1 Å². The van der Waals surface area contributed by atoms with Crippen LogP contribution in [0.5, 0.6) is 0 Å². The summed E-state index contributed by atoms with van der Waals surface area (Å²) in [5, 5.41) is -0.0826. The molecule has 3 aromatic rings. The number of sulfonamides is 1. The van der Waals surface area contributed by atoms with Gasteiger partial charge in [0.25, 0.3) is 10.0 Å². The van der Waals surface area contributed by atoms with Gasteiger partial charge in [-0.1, -0.05) is 6.07 Å². The van der Waals surface area contributed by atoms with Crippen LogP contribution in [0.1, 0.15) is 25.5 Å². The van der Waals surface area contributed by atoms with E-state index in [0.717, 1.165) is 16.6 Å². The van der Waals surface area contributed by atoms with Gasteiger partial charge in [0.05, 0.1) is 17.4 Å². The molecule has 2 aromatic heterocycles. The van der Waals surface area contributed by atoms with Crippen LogP contribution in [0.25, 0.3) is 11.0 Å². The fraction of sp³-hybridized carbons (Fsp3) is 0.286. The normalized spacial score (nSPS) is 12.3. The Morgan fingerprint density at radius 3 is 2.82 bits per heavy atom. The first kappa shape index (κ1) is 14.7. The van der Waals surface area contributed by atoms with Crippen molar-refractivity contribution in [2.24, 2.45) is 0 Å². The second-order valence-corrected chi connectivity index (χ2v) is 6.97. The smallest absolute Gasteiger partial charge is 0.274 e. The van der Waals surface area contributed by atoms with Gasteiger partial charge in [-0.3, -0.25) is 0 Å². The SMILES string of the molecule is CC(C)n1cnc2ccc(CNS(=O)(=O)c3ncc[nH]3)cc21. The van der Waals surface area contributed by atoms with E-state index in [0.29, 0.717) is 6.04 Å². The lowest BCUT2D eigenvalue weighted by atomic mass is 10.2. The molecule has 8 heteroatoms. The molecule has 0 unspecified atom stereocenters. The average molecular weight is 319 g/mol. The third-order valence-corrected chi connectivity index (χ3v) is 4.65. The van der Waals surface area contributed by atoms with E-state index < -0.39 is 10.0 Å². The van der Waals surface area contributed by atoms with Crippen molar-refractivity contribution < 1.29 is 8.42 Å². The lowest BCUT2D eigenvalue weighted by Gasteiger charge is -2.09. The van der Waals surface area contributed by atoms with Gasteiger partial charge in [0, 0.05) is 25.0 Å². The van der Waals surface area contributed by atoms with Crippen molar-refractivity contribution in [3.05, 3.63) is 42.5 Å². The minimum Gasteiger partial charge on any atom is -0.334 e. The molecule has 22 heavy (non-hydrogen) atoms. The number of nitrogens with one attached hydrogen (secondary N) is 2. The van der Waals surface area contributed by atoms with Crippen LogP contribution in [0.4, 0.5) is 0 Å². The number of aromatic nitrogens is 4. The van der Waals surface area contributed by atoms with E-state index in [1.165, 1.54) is 12.4 Å². The molecule has 116 valence electrons.